The van der Waals surface area contributed by atoms with Gasteiger partial charge in [0.1, 0.15) is 6.61 Å². The number of carbonyl (C=O) groups excluding carboxylic acids is 1. The number of nitrogens with zero attached hydrogens (tertiary/aromatic N) is 1. The van der Waals surface area contributed by atoms with Crippen molar-refractivity contribution in [2.75, 3.05) is 7.11 Å². The molecule has 7 heteroatoms. The third kappa shape index (κ3) is 5.34. The molecule has 0 radical (unpaired) electrons. The van der Waals surface area contributed by atoms with Crippen molar-refractivity contribution in [1.29, 1.82) is 0 Å². The lowest BCUT2D eigenvalue weighted by Crippen LogP contribution is -2.19. The molecule has 0 saturated carbocycles. The van der Waals surface area contributed by atoms with Crippen molar-refractivity contribution in [3.63, 3.8) is 0 Å². The third-order valence-electron chi connectivity index (χ3n) is 5.46. The molecule has 0 aromatic heterocycles. The van der Waals surface area contributed by atoms with Crippen molar-refractivity contribution in [2.45, 2.75) is 6.61 Å². The number of amidine groups is 1. The topological polar surface area (TPSA) is 59.9 Å². The molecule has 5 nitrogen and oxygen atoms in total. The number of hydrogen-bond acceptors (Lipinski definition) is 5. The van der Waals surface area contributed by atoms with E-state index in [1.165, 1.54) is 17.1 Å². The summed E-state index contributed by atoms with van der Waals surface area (Å²) in [5.74, 6) is 1.03. The van der Waals surface area contributed by atoms with Crippen molar-refractivity contribution >= 4 is 57.0 Å². The molecule has 1 fully saturated rings. The Morgan fingerprint density at radius 2 is 1.77 bits per heavy atom. The van der Waals surface area contributed by atoms with Gasteiger partial charge < -0.3 is 14.8 Å². The predicted molar refractivity (Wildman–Crippen MR) is 144 cm³/mol. The largest absolute Gasteiger partial charge is 0.493 e. The van der Waals surface area contributed by atoms with Gasteiger partial charge in [0.15, 0.2) is 16.7 Å². The van der Waals surface area contributed by atoms with Crippen LogP contribution < -0.4 is 14.8 Å². The first kappa shape index (κ1) is 23.0. The smallest absolute Gasteiger partial charge is 0.264 e. The summed E-state index contributed by atoms with van der Waals surface area (Å²) in [6, 6.07) is 27.1. The first-order chi connectivity index (χ1) is 17.1. The van der Waals surface area contributed by atoms with E-state index in [0.29, 0.717) is 38.9 Å². The second-order valence-corrected chi connectivity index (χ2v) is 9.26. The van der Waals surface area contributed by atoms with E-state index in [1.54, 1.807) is 31.4 Å². The Bertz CT molecular complexity index is 1460. The van der Waals surface area contributed by atoms with Crippen LogP contribution >= 0.6 is 23.4 Å². The van der Waals surface area contributed by atoms with Gasteiger partial charge in [-0.05, 0) is 76.1 Å². The molecule has 0 aliphatic carbocycles. The number of benzene rings is 4. The molecule has 4 aromatic rings. The van der Waals surface area contributed by atoms with E-state index in [2.05, 4.69) is 34.6 Å². The zero-order valence-electron chi connectivity index (χ0n) is 18.8. The highest BCUT2D eigenvalue weighted by atomic mass is 35.5. The summed E-state index contributed by atoms with van der Waals surface area (Å²) in [4.78, 5) is 17.5. The molecule has 1 aliphatic rings. The Labute approximate surface area is 212 Å². The number of ether oxygens (including phenoxy) is 2. The number of halogens is 1. The van der Waals surface area contributed by atoms with Gasteiger partial charge in [-0.3, -0.25) is 4.79 Å². The van der Waals surface area contributed by atoms with E-state index in [4.69, 9.17) is 21.1 Å². The Balaban J connectivity index is 1.36. The van der Waals surface area contributed by atoms with E-state index in [-0.39, 0.29) is 5.91 Å². The highest BCUT2D eigenvalue weighted by Gasteiger charge is 2.24. The van der Waals surface area contributed by atoms with E-state index >= 15 is 0 Å². The van der Waals surface area contributed by atoms with Crippen LogP contribution in [0.25, 0.3) is 16.8 Å². The zero-order valence-corrected chi connectivity index (χ0v) is 20.4. The van der Waals surface area contributed by atoms with Crippen LogP contribution in [0.15, 0.2) is 94.8 Å². The summed E-state index contributed by atoms with van der Waals surface area (Å²) in [6.07, 6.45) is 1.81. The molecular weight excluding hydrogens is 480 g/mol. The fourth-order valence-corrected chi connectivity index (χ4v) is 4.70. The SMILES string of the molecule is COc1ccc(/C=C2\SC(=Nc3ccc(Cl)cc3)NC2=O)cc1OCc1cccc2ccccc12. The number of nitrogens with one attached hydrogen (secondary N) is 1. The van der Waals surface area contributed by atoms with E-state index in [1.807, 2.05) is 42.5 Å². The van der Waals surface area contributed by atoms with E-state index in [9.17, 15) is 4.79 Å². The number of fused-ring (bicyclic) bond motifs is 1. The van der Waals surface area contributed by atoms with Crippen molar-refractivity contribution in [3.8, 4) is 11.5 Å². The minimum atomic E-state index is -0.197. The molecule has 1 aliphatic heterocycles. The normalized spacial score (nSPS) is 15.5. The maximum Gasteiger partial charge on any atom is 0.264 e. The Hall–Kier alpha value is -3.74. The highest BCUT2D eigenvalue weighted by molar-refractivity contribution is 8.18. The third-order valence-corrected chi connectivity index (χ3v) is 6.62. The number of methoxy groups -OCH3 is 1. The number of aliphatic imine (C=N–C) groups is 1. The number of rotatable bonds is 6. The van der Waals surface area contributed by atoms with Crippen LogP contribution in [0.1, 0.15) is 11.1 Å². The summed E-state index contributed by atoms with van der Waals surface area (Å²) in [5.41, 5.74) is 2.62. The minimum absolute atomic E-state index is 0.197. The second-order valence-electron chi connectivity index (χ2n) is 7.80. The van der Waals surface area contributed by atoms with Crippen LogP contribution in [-0.2, 0) is 11.4 Å². The van der Waals surface area contributed by atoms with E-state index in [0.717, 1.165) is 16.5 Å². The zero-order chi connectivity index (χ0) is 24.2. The Morgan fingerprint density at radius 1 is 0.971 bits per heavy atom. The number of carbonyl (C=O) groups is 1. The molecular formula is C28H21ClN2O3S. The van der Waals surface area contributed by atoms with Gasteiger partial charge in [0.05, 0.1) is 17.7 Å². The van der Waals surface area contributed by atoms with Crippen LogP contribution in [0.5, 0.6) is 11.5 Å². The standard InChI is InChI=1S/C28H21ClN2O3S/c1-33-24-14-9-18(15-25(24)34-17-20-7-4-6-19-5-2-3-8-23(19)20)16-26-27(32)31-28(35-26)30-22-12-10-21(29)11-13-22/h2-16H,17H2,1H3,(H,30,31,32)/b26-16-. The first-order valence-electron chi connectivity index (χ1n) is 10.9. The quantitative estimate of drug-likeness (QED) is 0.290. The molecule has 35 heavy (non-hydrogen) atoms. The van der Waals surface area contributed by atoms with Crippen molar-refractivity contribution < 1.29 is 14.3 Å². The van der Waals surface area contributed by atoms with Gasteiger partial charge in [-0.25, -0.2) is 4.99 Å². The van der Waals surface area contributed by atoms with Crippen molar-refractivity contribution in [3.05, 3.63) is 106 Å². The van der Waals surface area contributed by atoms with Gasteiger partial charge in [-0.2, -0.15) is 0 Å². The molecule has 0 unspecified atom stereocenters. The lowest BCUT2D eigenvalue weighted by Gasteiger charge is -2.13. The highest BCUT2D eigenvalue weighted by Crippen LogP contribution is 2.33. The second kappa shape index (κ2) is 10.3. The van der Waals surface area contributed by atoms with Crippen LogP contribution in [0.4, 0.5) is 5.69 Å². The molecule has 4 aromatic carbocycles. The Kier molecular flexibility index (Phi) is 6.75. The molecule has 5 rings (SSSR count). The predicted octanol–water partition coefficient (Wildman–Crippen LogP) is 6.97. The van der Waals surface area contributed by atoms with Gasteiger partial charge in [0.25, 0.3) is 5.91 Å². The fraction of sp³-hybridized carbons (Fsp3) is 0.0714. The molecule has 0 spiro atoms. The monoisotopic (exact) mass is 500 g/mol. The molecule has 0 atom stereocenters. The molecule has 1 saturated heterocycles. The minimum Gasteiger partial charge on any atom is -0.493 e. The molecule has 174 valence electrons. The summed E-state index contributed by atoms with van der Waals surface area (Å²) in [5, 5.41) is 6.28. The number of amides is 1. The van der Waals surface area contributed by atoms with E-state index < -0.39 is 0 Å². The molecule has 0 bridgehead atoms. The van der Waals surface area contributed by atoms with Gasteiger partial charge >= 0.3 is 0 Å². The lowest BCUT2D eigenvalue weighted by molar-refractivity contribution is -0.115. The average molecular weight is 501 g/mol. The summed E-state index contributed by atoms with van der Waals surface area (Å²) in [7, 11) is 1.61. The van der Waals surface area contributed by atoms with Gasteiger partial charge in [0.2, 0.25) is 0 Å². The number of hydrogen-bond donors (Lipinski definition) is 1. The average Bonchev–Trinajstić information content (AvgIpc) is 3.22. The maximum atomic E-state index is 12.5. The Morgan fingerprint density at radius 3 is 2.60 bits per heavy atom. The van der Waals surface area contributed by atoms with Gasteiger partial charge in [0, 0.05) is 5.02 Å². The summed E-state index contributed by atoms with van der Waals surface area (Å²) >= 11 is 7.22. The van der Waals surface area contributed by atoms with Crippen LogP contribution in [0.3, 0.4) is 0 Å². The van der Waals surface area contributed by atoms with Crippen LogP contribution in [0, 0.1) is 0 Å². The molecule has 1 N–H and O–H groups in total. The fourth-order valence-electron chi connectivity index (χ4n) is 3.73. The molecule has 1 heterocycles. The van der Waals surface area contributed by atoms with Crippen LogP contribution in [0.2, 0.25) is 5.02 Å². The molecule has 1 amide bonds. The van der Waals surface area contributed by atoms with Crippen molar-refractivity contribution in [1.82, 2.24) is 5.32 Å². The van der Waals surface area contributed by atoms with Crippen molar-refractivity contribution in [2.24, 2.45) is 4.99 Å². The first-order valence-corrected chi connectivity index (χ1v) is 12.1. The lowest BCUT2D eigenvalue weighted by atomic mass is 10.1. The van der Waals surface area contributed by atoms with Gasteiger partial charge in [-0.15, -0.1) is 0 Å². The summed E-state index contributed by atoms with van der Waals surface area (Å²) in [6.45, 7) is 0.394. The number of thioether (sulfide) groups is 1. The van der Waals surface area contributed by atoms with Gasteiger partial charge in [-0.1, -0.05) is 60.1 Å². The summed E-state index contributed by atoms with van der Waals surface area (Å²) < 4.78 is 11.7. The maximum absolute atomic E-state index is 12.5. The van der Waals surface area contributed by atoms with Crippen LogP contribution in [-0.4, -0.2) is 18.2 Å².